The Balaban J connectivity index is 2.48. The number of rotatable bonds is 6. The second kappa shape index (κ2) is 5.52. The maximum absolute atomic E-state index is 11.6. The lowest BCUT2D eigenvalue weighted by Crippen LogP contribution is -2.40. The van der Waals surface area contributed by atoms with Crippen LogP contribution in [0, 0.1) is 6.92 Å². The van der Waals surface area contributed by atoms with Crippen molar-refractivity contribution in [1.29, 1.82) is 0 Å². The van der Waals surface area contributed by atoms with E-state index in [9.17, 15) is 8.42 Å². The molecule has 1 rings (SSSR count). The zero-order valence-corrected chi connectivity index (χ0v) is 11.1. The van der Waals surface area contributed by atoms with Gasteiger partial charge in [0.05, 0.1) is 4.99 Å². The molecule has 3 N–H and O–H groups in total. The summed E-state index contributed by atoms with van der Waals surface area (Å²) in [5, 5.41) is 2.69. The van der Waals surface area contributed by atoms with Crippen molar-refractivity contribution in [3.8, 4) is 0 Å². The molecule has 1 heterocycles. The van der Waals surface area contributed by atoms with Crippen molar-refractivity contribution >= 4 is 27.2 Å². The van der Waals surface area contributed by atoms with Gasteiger partial charge in [-0.3, -0.25) is 0 Å². The van der Waals surface area contributed by atoms with Gasteiger partial charge < -0.3 is 10.3 Å². The molecule has 0 aliphatic rings. The number of aryl methyl sites for hydroxylation is 1. The van der Waals surface area contributed by atoms with E-state index in [1.54, 1.807) is 6.92 Å². The van der Waals surface area contributed by atoms with Crippen molar-refractivity contribution in [2.24, 2.45) is 5.73 Å². The molecule has 0 aliphatic carbocycles. The molecule has 0 fully saturated rings. The molecule has 0 radical (unpaired) electrons. The van der Waals surface area contributed by atoms with Gasteiger partial charge in [0.1, 0.15) is 5.25 Å². The van der Waals surface area contributed by atoms with Gasteiger partial charge >= 0.3 is 0 Å². The first-order chi connectivity index (χ1) is 7.83. The number of thiocarbonyl (C=S) groups is 1. The smallest absolute Gasteiger partial charge is 0.227 e. The van der Waals surface area contributed by atoms with E-state index in [0.29, 0.717) is 18.1 Å². The Bertz CT molecular complexity index is 497. The standard InChI is InChI=1S/C8H14N4O3S2/c1-5(8(9)16)17(13,14)10-4-3-7-11-6(2)12-15-7/h5,10H,3-4H2,1-2H3,(H2,9,16). The maximum Gasteiger partial charge on any atom is 0.227 e. The summed E-state index contributed by atoms with van der Waals surface area (Å²) in [7, 11) is -3.53. The molecule has 0 aromatic carbocycles. The van der Waals surface area contributed by atoms with E-state index in [2.05, 4.69) is 27.1 Å². The molecule has 1 aromatic rings. The van der Waals surface area contributed by atoms with E-state index in [4.69, 9.17) is 10.3 Å². The highest BCUT2D eigenvalue weighted by molar-refractivity contribution is 7.93. The van der Waals surface area contributed by atoms with Crippen LogP contribution in [-0.2, 0) is 16.4 Å². The molecule has 1 unspecified atom stereocenters. The molecule has 0 saturated carbocycles. The third-order valence-electron chi connectivity index (χ3n) is 2.08. The van der Waals surface area contributed by atoms with E-state index in [-0.39, 0.29) is 11.5 Å². The van der Waals surface area contributed by atoms with Crippen molar-refractivity contribution < 1.29 is 12.9 Å². The fraction of sp³-hybridized carbons (Fsp3) is 0.625. The van der Waals surface area contributed by atoms with Gasteiger partial charge in [-0.25, -0.2) is 13.1 Å². The van der Waals surface area contributed by atoms with Crippen molar-refractivity contribution in [2.45, 2.75) is 25.5 Å². The summed E-state index contributed by atoms with van der Waals surface area (Å²) in [6.45, 7) is 3.28. The van der Waals surface area contributed by atoms with Crippen LogP contribution in [0.3, 0.4) is 0 Å². The quantitative estimate of drug-likeness (QED) is 0.676. The Morgan fingerprint density at radius 1 is 1.65 bits per heavy atom. The second-order valence-corrected chi connectivity index (χ2v) is 6.03. The van der Waals surface area contributed by atoms with E-state index in [1.807, 2.05) is 0 Å². The van der Waals surface area contributed by atoms with Crippen LogP contribution in [0.5, 0.6) is 0 Å². The van der Waals surface area contributed by atoms with Gasteiger partial charge in [-0.15, -0.1) is 0 Å². The largest absolute Gasteiger partial charge is 0.392 e. The second-order valence-electron chi connectivity index (χ2n) is 3.47. The summed E-state index contributed by atoms with van der Waals surface area (Å²) >= 11 is 4.63. The van der Waals surface area contributed by atoms with Crippen LogP contribution < -0.4 is 10.5 Å². The van der Waals surface area contributed by atoms with Gasteiger partial charge in [0.2, 0.25) is 15.9 Å². The molecular formula is C8H14N4O3S2. The predicted molar refractivity (Wildman–Crippen MR) is 65.9 cm³/mol. The molecule has 9 heteroatoms. The Hall–Kier alpha value is -1.06. The lowest BCUT2D eigenvalue weighted by Gasteiger charge is -2.11. The van der Waals surface area contributed by atoms with E-state index in [0.717, 1.165) is 0 Å². The predicted octanol–water partition coefficient (Wildman–Crippen LogP) is -0.485. The van der Waals surface area contributed by atoms with Gasteiger partial charge in [0.15, 0.2) is 5.82 Å². The van der Waals surface area contributed by atoms with E-state index < -0.39 is 15.3 Å². The van der Waals surface area contributed by atoms with Gasteiger partial charge in [-0.05, 0) is 13.8 Å². The topological polar surface area (TPSA) is 111 Å². The minimum absolute atomic E-state index is 0.0638. The van der Waals surface area contributed by atoms with Gasteiger partial charge in [0.25, 0.3) is 0 Å². The number of hydrogen-bond acceptors (Lipinski definition) is 6. The van der Waals surface area contributed by atoms with Crippen LogP contribution in [-0.4, -0.2) is 35.3 Å². The fourth-order valence-electron chi connectivity index (χ4n) is 1.02. The average molecular weight is 278 g/mol. The van der Waals surface area contributed by atoms with Gasteiger partial charge in [-0.1, -0.05) is 17.4 Å². The van der Waals surface area contributed by atoms with Crippen molar-refractivity contribution in [3.63, 3.8) is 0 Å². The normalized spacial score (nSPS) is 13.5. The molecule has 0 amide bonds. The number of nitrogens with zero attached hydrogens (tertiary/aromatic N) is 2. The van der Waals surface area contributed by atoms with Gasteiger partial charge in [0, 0.05) is 13.0 Å². The van der Waals surface area contributed by atoms with Gasteiger partial charge in [-0.2, -0.15) is 4.98 Å². The third-order valence-corrected chi connectivity index (χ3v) is 4.37. The monoisotopic (exact) mass is 278 g/mol. The number of hydrogen-bond donors (Lipinski definition) is 2. The first-order valence-corrected chi connectivity index (χ1v) is 6.85. The lowest BCUT2D eigenvalue weighted by atomic mass is 10.4. The Kier molecular flexibility index (Phi) is 4.54. The highest BCUT2D eigenvalue weighted by atomic mass is 32.2. The molecule has 1 atom stereocenters. The first-order valence-electron chi connectivity index (χ1n) is 4.90. The Labute approximate surface area is 105 Å². The first kappa shape index (κ1) is 14.0. The molecule has 7 nitrogen and oxygen atoms in total. The lowest BCUT2D eigenvalue weighted by molar-refractivity contribution is 0.375. The molecule has 0 saturated heterocycles. The zero-order chi connectivity index (χ0) is 13.1. The maximum atomic E-state index is 11.6. The molecule has 1 aromatic heterocycles. The molecule has 17 heavy (non-hydrogen) atoms. The third kappa shape index (κ3) is 4.02. The average Bonchev–Trinajstić information content (AvgIpc) is 2.62. The van der Waals surface area contributed by atoms with Crippen LogP contribution in [0.15, 0.2) is 4.52 Å². The molecule has 0 spiro atoms. The minimum atomic E-state index is -3.53. The summed E-state index contributed by atoms with van der Waals surface area (Å²) in [6, 6.07) is 0. The highest BCUT2D eigenvalue weighted by Gasteiger charge is 2.22. The Morgan fingerprint density at radius 3 is 2.76 bits per heavy atom. The summed E-state index contributed by atoms with van der Waals surface area (Å²) in [4.78, 5) is 3.88. The summed E-state index contributed by atoms with van der Waals surface area (Å²) in [5.41, 5.74) is 5.28. The van der Waals surface area contributed by atoms with Crippen molar-refractivity contribution in [1.82, 2.24) is 14.9 Å². The SMILES string of the molecule is Cc1noc(CCNS(=O)(=O)C(C)C(N)=S)n1. The Morgan fingerprint density at radius 2 is 2.29 bits per heavy atom. The van der Waals surface area contributed by atoms with Crippen molar-refractivity contribution in [2.75, 3.05) is 6.54 Å². The van der Waals surface area contributed by atoms with Crippen LogP contribution in [0.2, 0.25) is 0 Å². The fourth-order valence-corrected chi connectivity index (χ4v) is 2.34. The van der Waals surface area contributed by atoms with E-state index >= 15 is 0 Å². The molecule has 96 valence electrons. The molecular weight excluding hydrogens is 264 g/mol. The number of nitrogens with two attached hydrogens (primary N) is 1. The summed E-state index contributed by atoms with van der Waals surface area (Å²) < 4.78 is 30.5. The summed E-state index contributed by atoms with van der Waals surface area (Å²) in [5.74, 6) is 0.896. The van der Waals surface area contributed by atoms with Crippen LogP contribution in [0.1, 0.15) is 18.6 Å². The number of aromatic nitrogens is 2. The summed E-state index contributed by atoms with van der Waals surface area (Å²) in [6.07, 6.45) is 0.324. The van der Waals surface area contributed by atoms with Crippen LogP contribution in [0.4, 0.5) is 0 Å². The molecule has 0 bridgehead atoms. The van der Waals surface area contributed by atoms with Crippen molar-refractivity contribution in [3.05, 3.63) is 11.7 Å². The highest BCUT2D eigenvalue weighted by Crippen LogP contribution is 2.00. The zero-order valence-electron chi connectivity index (χ0n) is 9.50. The molecule has 0 aliphatic heterocycles. The minimum Gasteiger partial charge on any atom is -0.392 e. The van der Waals surface area contributed by atoms with E-state index in [1.165, 1.54) is 6.92 Å². The van der Waals surface area contributed by atoms with Crippen LogP contribution >= 0.6 is 12.2 Å². The number of nitrogens with one attached hydrogen (secondary N) is 1. The van der Waals surface area contributed by atoms with Crippen LogP contribution in [0.25, 0.3) is 0 Å². The number of sulfonamides is 1.